The van der Waals surface area contributed by atoms with Crippen molar-refractivity contribution in [1.29, 1.82) is 0 Å². The number of carbonyl (C=O) groups is 2. The van der Waals surface area contributed by atoms with E-state index in [0.29, 0.717) is 22.3 Å². The summed E-state index contributed by atoms with van der Waals surface area (Å²) in [6.45, 7) is 3.77. The number of benzene rings is 2. The average Bonchev–Trinajstić information content (AvgIpc) is 2.63. The normalized spacial score (nSPS) is 10.6. The van der Waals surface area contributed by atoms with Gasteiger partial charge in [0.25, 0.3) is 5.91 Å². The van der Waals surface area contributed by atoms with Gasteiger partial charge < -0.3 is 15.4 Å². The Bertz CT molecular complexity index is 824. The van der Waals surface area contributed by atoms with Crippen LogP contribution in [0.4, 0.5) is 5.69 Å². The van der Waals surface area contributed by atoms with Gasteiger partial charge in [-0.2, -0.15) is 0 Å². The molecule has 2 amide bonds. The van der Waals surface area contributed by atoms with Gasteiger partial charge in [0.15, 0.2) is 6.61 Å². The molecule has 0 aliphatic heterocycles. The van der Waals surface area contributed by atoms with Crippen LogP contribution in [0.15, 0.2) is 36.4 Å². The van der Waals surface area contributed by atoms with Crippen molar-refractivity contribution in [2.45, 2.75) is 20.4 Å². The first-order chi connectivity index (χ1) is 12.8. The summed E-state index contributed by atoms with van der Waals surface area (Å²) in [7, 11) is 0. The third-order valence-corrected chi connectivity index (χ3v) is 4.59. The molecule has 0 bridgehead atoms. The molecule has 2 aromatic carbocycles. The van der Waals surface area contributed by atoms with Gasteiger partial charge in [-0.25, -0.2) is 0 Å². The number of rotatable bonds is 7. The van der Waals surface area contributed by atoms with E-state index in [1.165, 1.54) is 12.1 Å². The summed E-state index contributed by atoms with van der Waals surface area (Å²) in [6.07, 6.45) is 0. The van der Waals surface area contributed by atoms with Crippen LogP contribution < -0.4 is 15.4 Å². The SMILES string of the molecule is CC(C)C(=O)Nc1ccc(CNC(=O)COc2cc(Cl)c(Cl)cc2Cl)cc1. The lowest BCUT2D eigenvalue weighted by Gasteiger charge is -2.11. The zero-order valence-electron chi connectivity index (χ0n) is 14.8. The lowest BCUT2D eigenvalue weighted by Crippen LogP contribution is -2.28. The summed E-state index contributed by atoms with van der Waals surface area (Å²) in [5.74, 6) is -0.164. The van der Waals surface area contributed by atoms with Gasteiger partial charge in [0.05, 0.1) is 15.1 Å². The fraction of sp³-hybridized carbons (Fsp3) is 0.263. The molecule has 0 aromatic heterocycles. The average molecular weight is 430 g/mol. The number of halogens is 3. The highest BCUT2D eigenvalue weighted by Crippen LogP contribution is 2.33. The Kier molecular flexibility index (Phi) is 7.78. The summed E-state index contributed by atoms with van der Waals surface area (Å²) < 4.78 is 5.37. The number of anilines is 1. The smallest absolute Gasteiger partial charge is 0.258 e. The largest absolute Gasteiger partial charge is 0.482 e. The maximum atomic E-state index is 11.9. The van der Waals surface area contributed by atoms with Gasteiger partial charge in [-0.05, 0) is 23.8 Å². The van der Waals surface area contributed by atoms with E-state index in [9.17, 15) is 9.59 Å². The van der Waals surface area contributed by atoms with Crippen molar-refractivity contribution in [3.8, 4) is 5.75 Å². The molecular weight excluding hydrogens is 411 g/mol. The Morgan fingerprint density at radius 3 is 2.26 bits per heavy atom. The van der Waals surface area contributed by atoms with Crippen molar-refractivity contribution in [2.24, 2.45) is 5.92 Å². The van der Waals surface area contributed by atoms with Crippen molar-refractivity contribution in [2.75, 3.05) is 11.9 Å². The van der Waals surface area contributed by atoms with Crippen molar-refractivity contribution >= 4 is 52.3 Å². The molecule has 2 aromatic rings. The van der Waals surface area contributed by atoms with Crippen molar-refractivity contribution in [3.05, 3.63) is 57.0 Å². The van der Waals surface area contributed by atoms with Gasteiger partial charge in [0, 0.05) is 24.2 Å². The van der Waals surface area contributed by atoms with Gasteiger partial charge in [0.2, 0.25) is 5.91 Å². The molecule has 0 fully saturated rings. The van der Waals surface area contributed by atoms with E-state index in [2.05, 4.69) is 10.6 Å². The minimum atomic E-state index is -0.311. The van der Waals surface area contributed by atoms with Crippen LogP contribution in [0.5, 0.6) is 5.75 Å². The van der Waals surface area contributed by atoms with E-state index in [1.807, 2.05) is 26.0 Å². The Morgan fingerprint density at radius 1 is 1.00 bits per heavy atom. The zero-order chi connectivity index (χ0) is 20.0. The first-order valence-electron chi connectivity index (χ1n) is 8.20. The molecule has 0 saturated heterocycles. The highest BCUT2D eigenvalue weighted by atomic mass is 35.5. The number of hydrogen-bond donors (Lipinski definition) is 2. The fourth-order valence-electron chi connectivity index (χ4n) is 2.00. The molecular formula is C19H19Cl3N2O3. The molecule has 0 aliphatic rings. The molecule has 0 unspecified atom stereocenters. The van der Waals surface area contributed by atoms with Crippen LogP contribution in [0.2, 0.25) is 15.1 Å². The van der Waals surface area contributed by atoms with E-state index in [4.69, 9.17) is 39.5 Å². The quantitative estimate of drug-likeness (QED) is 0.613. The summed E-state index contributed by atoms with van der Waals surface area (Å²) in [6, 6.07) is 10.1. The predicted octanol–water partition coefficient (Wildman–Crippen LogP) is 4.94. The monoisotopic (exact) mass is 428 g/mol. The molecule has 144 valence electrons. The second-order valence-corrected chi connectivity index (χ2v) is 7.32. The Balaban J connectivity index is 1.82. The number of nitrogens with one attached hydrogen (secondary N) is 2. The molecule has 27 heavy (non-hydrogen) atoms. The number of carbonyl (C=O) groups excluding carboxylic acids is 2. The molecule has 2 rings (SSSR count). The first kappa shape index (κ1) is 21.4. The maximum absolute atomic E-state index is 11.9. The first-order valence-corrected chi connectivity index (χ1v) is 9.33. The standard InChI is InChI=1S/C19H19Cl3N2O3/c1-11(2)19(26)24-13-5-3-12(4-6-13)9-23-18(25)10-27-17-8-15(21)14(20)7-16(17)22/h3-8,11H,9-10H2,1-2H3,(H,23,25)(H,24,26). The van der Waals surface area contributed by atoms with Crippen LogP contribution >= 0.6 is 34.8 Å². The molecule has 2 N–H and O–H groups in total. The van der Waals surface area contributed by atoms with Crippen LogP contribution in [-0.4, -0.2) is 18.4 Å². The summed E-state index contributed by atoms with van der Waals surface area (Å²) in [5, 5.41) is 6.42. The van der Waals surface area contributed by atoms with Gasteiger partial charge in [-0.3, -0.25) is 9.59 Å². The van der Waals surface area contributed by atoms with Crippen molar-refractivity contribution in [3.63, 3.8) is 0 Å². The molecule has 0 saturated carbocycles. The van der Waals surface area contributed by atoms with Gasteiger partial charge in [-0.15, -0.1) is 0 Å². The topological polar surface area (TPSA) is 67.4 Å². The van der Waals surface area contributed by atoms with E-state index in [1.54, 1.807) is 12.1 Å². The van der Waals surface area contributed by atoms with Crippen LogP contribution in [0.3, 0.4) is 0 Å². The molecule has 5 nitrogen and oxygen atoms in total. The molecule has 0 aliphatic carbocycles. The van der Waals surface area contributed by atoms with E-state index in [-0.39, 0.29) is 35.1 Å². The maximum Gasteiger partial charge on any atom is 0.258 e. The molecule has 0 atom stereocenters. The number of amides is 2. The van der Waals surface area contributed by atoms with Gasteiger partial charge >= 0.3 is 0 Å². The summed E-state index contributed by atoms with van der Waals surface area (Å²) in [5.41, 5.74) is 1.60. The van der Waals surface area contributed by atoms with Crippen LogP contribution in [0, 0.1) is 5.92 Å². The lowest BCUT2D eigenvalue weighted by molar-refractivity contribution is -0.123. The second-order valence-electron chi connectivity index (χ2n) is 6.10. The Labute approximate surface area is 172 Å². The van der Waals surface area contributed by atoms with Crippen molar-refractivity contribution < 1.29 is 14.3 Å². The number of ether oxygens (including phenoxy) is 1. The molecule has 8 heteroatoms. The number of hydrogen-bond acceptors (Lipinski definition) is 3. The highest BCUT2D eigenvalue weighted by molar-refractivity contribution is 6.43. The highest BCUT2D eigenvalue weighted by Gasteiger charge is 2.10. The van der Waals surface area contributed by atoms with Gasteiger partial charge in [0.1, 0.15) is 5.75 Å². The Morgan fingerprint density at radius 2 is 1.63 bits per heavy atom. The van der Waals surface area contributed by atoms with Crippen molar-refractivity contribution in [1.82, 2.24) is 5.32 Å². The molecule has 0 heterocycles. The molecule has 0 radical (unpaired) electrons. The second kappa shape index (κ2) is 9.83. The summed E-state index contributed by atoms with van der Waals surface area (Å²) in [4.78, 5) is 23.6. The fourth-order valence-corrected chi connectivity index (χ4v) is 2.59. The van der Waals surface area contributed by atoms with Crippen LogP contribution in [0.1, 0.15) is 19.4 Å². The van der Waals surface area contributed by atoms with Crippen LogP contribution in [0.25, 0.3) is 0 Å². The summed E-state index contributed by atoms with van der Waals surface area (Å²) >= 11 is 17.8. The zero-order valence-corrected chi connectivity index (χ0v) is 17.1. The molecule has 0 spiro atoms. The predicted molar refractivity (Wildman–Crippen MR) is 109 cm³/mol. The van der Waals surface area contributed by atoms with E-state index in [0.717, 1.165) is 5.56 Å². The van der Waals surface area contributed by atoms with Gasteiger partial charge in [-0.1, -0.05) is 60.8 Å². The third-order valence-electron chi connectivity index (χ3n) is 3.57. The minimum absolute atomic E-state index is 0.0471. The Hall–Kier alpha value is -1.95. The third kappa shape index (κ3) is 6.61. The minimum Gasteiger partial charge on any atom is -0.482 e. The van der Waals surface area contributed by atoms with Crippen LogP contribution in [-0.2, 0) is 16.1 Å². The van der Waals surface area contributed by atoms with E-state index < -0.39 is 0 Å². The van der Waals surface area contributed by atoms with E-state index >= 15 is 0 Å². The lowest BCUT2D eigenvalue weighted by atomic mass is 10.1.